The lowest BCUT2D eigenvalue weighted by molar-refractivity contribution is 0.414. The number of nitrogens with zero attached hydrogens (tertiary/aromatic N) is 3. The fraction of sp³-hybridized carbons (Fsp3) is 0.143. The second-order valence-corrected chi connectivity index (χ2v) is 4.70. The van der Waals surface area contributed by atoms with E-state index in [9.17, 15) is 4.79 Å². The molecule has 0 saturated heterocycles. The van der Waals surface area contributed by atoms with Crippen molar-refractivity contribution >= 4 is 22.6 Å². The summed E-state index contributed by atoms with van der Waals surface area (Å²) in [5.41, 5.74) is 1.93. The highest BCUT2D eigenvalue weighted by molar-refractivity contribution is 6.33. The third-order valence-corrected chi connectivity index (χ3v) is 3.52. The minimum Gasteiger partial charge on any atom is -0.497 e. The van der Waals surface area contributed by atoms with Crippen LogP contribution in [-0.4, -0.2) is 21.2 Å². The standard InChI is InChI=1S/C14H12ClN3O2/c1-17-12-11(7-8-16-13(12)15)18(14(17)19)9-3-5-10(20-2)6-4-9/h3-8H,1-2H3. The molecule has 0 aliphatic heterocycles. The van der Waals surface area contributed by atoms with E-state index in [-0.39, 0.29) is 5.69 Å². The molecule has 6 heteroatoms. The average molecular weight is 290 g/mol. The molecule has 5 nitrogen and oxygen atoms in total. The van der Waals surface area contributed by atoms with E-state index in [1.54, 1.807) is 31.0 Å². The van der Waals surface area contributed by atoms with Crippen LogP contribution in [0.2, 0.25) is 5.15 Å². The lowest BCUT2D eigenvalue weighted by atomic mass is 10.3. The number of aromatic nitrogens is 3. The number of hydrogen-bond donors (Lipinski definition) is 0. The maximum absolute atomic E-state index is 12.4. The quantitative estimate of drug-likeness (QED) is 0.681. The number of fused-ring (bicyclic) bond motifs is 1. The van der Waals surface area contributed by atoms with Gasteiger partial charge in [0, 0.05) is 13.2 Å². The maximum atomic E-state index is 12.4. The van der Waals surface area contributed by atoms with Gasteiger partial charge in [0.2, 0.25) is 0 Å². The van der Waals surface area contributed by atoms with Crippen LogP contribution in [0.15, 0.2) is 41.3 Å². The van der Waals surface area contributed by atoms with Crippen molar-refractivity contribution in [3.05, 3.63) is 52.2 Å². The average Bonchev–Trinajstić information content (AvgIpc) is 2.72. The van der Waals surface area contributed by atoms with Crippen LogP contribution < -0.4 is 10.4 Å². The molecule has 0 unspecified atom stereocenters. The Morgan fingerprint density at radius 2 is 1.90 bits per heavy atom. The molecule has 102 valence electrons. The van der Waals surface area contributed by atoms with Crippen LogP contribution in [0.3, 0.4) is 0 Å². The molecule has 2 heterocycles. The second-order valence-electron chi connectivity index (χ2n) is 4.34. The summed E-state index contributed by atoms with van der Waals surface area (Å²) in [6.45, 7) is 0. The van der Waals surface area contributed by atoms with Crippen LogP contribution >= 0.6 is 11.6 Å². The minimum atomic E-state index is -0.167. The molecule has 0 aliphatic rings. The molecule has 20 heavy (non-hydrogen) atoms. The Hall–Kier alpha value is -2.27. The van der Waals surface area contributed by atoms with Gasteiger partial charge in [0.05, 0.1) is 18.3 Å². The van der Waals surface area contributed by atoms with Crippen molar-refractivity contribution in [1.82, 2.24) is 14.1 Å². The van der Waals surface area contributed by atoms with E-state index in [1.165, 1.54) is 4.57 Å². The first-order valence-electron chi connectivity index (χ1n) is 6.00. The first kappa shape index (κ1) is 12.7. The molecule has 0 saturated carbocycles. The molecule has 3 rings (SSSR count). The summed E-state index contributed by atoms with van der Waals surface area (Å²) in [5.74, 6) is 0.738. The fourth-order valence-electron chi connectivity index (χ4n) is 2.24. The van der Waals surface area contributed by atoms with Crippen LogP contribution in [0.5, 0.6) is 5.75 Å². The molecular formula is C14H12ClN3O2. The second kappa shape index (κ2) is 4.68. The van der Waals surface area contributed by atoms with Crippen LogP contribution in [0.25, 0.3) is 16.7 Å². The number of halogens is 1. The molecule has 0 N–H and O–H groups in total. The number of methoxy groups -OCH3 is 1. The van der Waals surface area contributed by atoms with Gasteiger partial charge in [-0.2, -0.15) is 0 Å². The topological polar surface area (TPSA) is 49.0 Å². The zero-order valence-electron chi connectivity index (χ0n) is 11.0. The molecule has 2 aromatic heterocycles. The summed E-state index contributed by atoms with van der Waals surface area (Å²) in [5, 5.41) is 0.314. The summed E-state index contributed by atoms with van der Waals surface area (Å²) in [6.07, 6.45) is 1.59. The lowest BCUT2D eigenvalue weighted by Gasteiger charge is -2.04. The van der Waals surface area contributed by atoms with E-state index in [2.05, 4.69) is 4.98 Å². The van der Waals surface area contributed by atoms with Gasteiger partial charge in [-0.1, -0.05) is 11.6 Å². The predicted octanol–water partition coefficient (Wildman–Crippen LogP) is 2.39. The number of pyridine rings is 1. The largest absolute Gasteiger partial charge is 0.497 e. The van der Waals surface area contributed by atoms with Gasteiger partial charge in [-0.3, -0.25) is 9.13 Å². The predicted molar refractivity (Wildman–Crippen MR) is 77.9 cm³/mol. The Morgan fingerprint density at radius 3 is 2.55 bits per heavy atom. The van der Waals surface area contributed by atoms with Gasteiger partial charge in [-0.05, 0) is 30.3 Å². The van der Waals surface area contributed by atoms with E-state index < -0.39 is 0 Å². The molecule has 1 aromatic carbocycles. The van der Waals surface area contributed by atoms with Gasteiger partial charge >= 0.3 is 5.69 Å². The van der Waals surface area contributed by atoms with Crippen LogP contribution in [-0.2, 0) is 7.05 Å². The van der Waals surface area contributed by atoms with Gasteiger partial charge in [0.25, 0.3) is 0 Å². The summed E-state index contributed by atoms with van der Waals surface area (Å²) in [6, 6.07) is 9.04. The number of aryl methyl sites for hydroxylation is 1. The van der Waals surface area contributed by atoms with Crippen LogP contribution in [0, 0.1) is 0 Å². The SMILES string of the molecule is COc1ccc(-n2c(=O)n(C)c3c(Cl)nccc32)cc1. The van der Waals surface area contributed by atoms with Crippen LogP contribution in [0.4, 0.5) is 0 Å². The normalized spacial score (nSPS) is 10.9. The van der Waals surface area contributed by atoms with Gasteiger partial charge in [-0.15, -0.1) is 0 Å². The molecule has 0 spiro atoms. The third kappa shape index (κ3) is 1.78. The highest BCUT2D eigenvalue weighted by Crippen LogP contribution is 2.23. The third-order valence-electron chi connectivity index (χ3n) is 3.24. The van der Waals surface area contributed by atoms with Gasteiger partial charge in [0.1, 0.15) is 11.3 Å². The van der Waals surface area contributed by atoms with E-state index >= 15 is 0 Å². The first-order chi connectivity index (χ1) is 9.63. The smallest absolute Gasteiger partial charge is 0.333 e. The van der Waals surface area contributed by atoms with Crippen molar-refractivity contribution in [2.45, 2.75) is 0 Å². The van der Waals surface area contributed by atoms with Crippen molar-refractivity contribution in [2.75, 3.05) is 7.11 Å². The van der Waals surface area contributed by atoms with E-state index in [4.69, 9.17) is 16.3 Å². The summed E-state index contributed by atoms with van der Waals surface area (Å²) < 4.78 is 8.22. The number of rotatable bonds is 2. The van der Waals surface area contributed by atoms with Crippen molar-refractivity contribution in [3.8, 4) is 11.4 Å². The Morgan fingerprint density at radius 1 is 1.20 bits per heavy atom. The zero-order chi connectivity index (χ0) is 14.3. The maximum Gasteiger partial charge on any atom is 0.333 e. The molecule has 0 amide bonds. The summed E-state index contributed by atoms with van der Waals surface area (Å²) >= 11 is 6.08. The molecule has 0 fully saturated rings. The van der Waals surface area contributed by atoms with Gasteiger partial charge in [0.15, 0.2) is 5.15 Å². The van der Waals surface area contributed by atoms with Crippen LogP contribution in [0.1, 0.15) is 0 Å². The molecule has 0 aliphatic carbocycles. The van der Waals surface area contributed by atoms with Gasteiger partial charge in [-0.25, -0.2) is 9.78 Å². The molecule has 0 bridgehead atoms. The number of hydrogen-bond acceptors (Lipinski definition) is 3. The van der Waals surface area contributed by atoms with E-state index in [1.807, 2.05) is 24.3 Å². The zero-order valence-corrected chi connectivity index (χ0v) is 11.8. The van der Waals surface area contributed by atoms with Crippen molar-refractivity contribution in [3.63, 3.8) is 0 Å². The monoisotopic (exact) mass is 289 g/mol. The van der Waals surface area contributed by atoms with Crippen molar-refractivity contribution in [2.24, 2.45) is 7.05 Å². The van der Waals surface area contributed by atoms with Crippen molar-refractivity contribution in [1.29, 1.82) is 0 Å². The van der Waals surface area contributed by atoms with E-state index in [0.717, 1.165) is 17.0 Å². The Bertz CT molecular complexity index is 834. The fourth-order valence-corrected chi connectivity index (χ4v) is 2.52. The summed E-state index contributed by atoms with van der Waals surface area (Å²) in [4.78, 5) is 16.4. The summed E-state index contributed by atoms with van der Waals surface area (Å²) in [7, 11) is 3.28. The molecule has 3 aromatic rings. The Balaban J connectivity index is 2.33. The first-order valence-corrected chi connectivity index (χ1v) is 6.37. The molecule has 0 atom stereocenters. The van der Waals surface area contributed by atoms with Crippen molar-refractivity contribution < 1.29 is 4.74 Å². The Labute approximate surface area is 120 Å². The number of benzene rings is 1. The lowest BCUT2D eigenvalue weighted by Crippen LogP contribution is -2.20. The number of imidazole rings is 1. The van der Waals surface area contributed by atoms with Gasteiger partial charge < -0.3 is 4.74 Å². The number of ether oxygens (including phenoxy) is 1. The molecule has 0 radical (unpaired) electrons. The highest BCUT2D eigenvalue weighted by atomic mass is 35.5. The molecular weight excluding hydrogens is 278 g/mol. The highest BCUT2D eigenvalue weighted by Gasteiger charge is 2.15. The van der Waals surface area contributed by atoms with E-state index in [0.29, 0.717) is 10.7 Å². The minimum absolute atomic E-state index is 0.167. The Kier molecular flexibility index (Phi) is 2.99.